The molecule has 2 aromatic heterocycles. The second-order valence-electron chi connectivity index (χ2n) is 10.3. The number of nitrogens with one attached hydrogen (secondary N) is 1. The molecule has 2 bridgehead atoms. The van der Waals surface area contributed by atoms with Crippen LogP contribution in [-0.2, 0) is 0 Å². The molecule has 3 aromatic rings. The zero-order valence-electron chi connectivity index (χ0n) is 22.1. The first-order valence-electron chi connectivity index (χ1n) is 13.4. The van der Waals surface area contributed by atoms with E-state index in [9.17, 15) is 4.79 Å². The zero-order chi connectivity index (χ0) is 25.2. The number of hydrogen-bond acceptors (Lipinski definition) is 6. The van der Waals surface area contributed by atoms with Crippen LogP contribution >= 0.6 is 0 Å². The van der Waals surface area contributed by atoms with Crippen LogP contribution in [-0.4, -0.2) is 65.7 Å². The van der Waals surface area contributed by atoms with Gasteiger partial charge >= 0.3 is 0 Å². The van der Waals surface area contributed by atoms with Gasteiger partial charge in [0.15, 0.2) is 5.65 Å². The van der Waals surface area contributed by atoms with Gasteiger partial charge in [-0.2, -0.15) is 9.61 Å². The lowest BCUT2D eigenvalue weighted by Crippen LogP contribution is -2.32. The van der Waals surface area contributed by atoms with Crippen LogP contribution in [0.25, 0.3) is 5.65 Å². The molecule has 8 nitrogen and oxygen atoms in total. The van der Waals surface area contributed by atoms with E-state index in [-0.39, 0.29) is 11.9 Å². The van der Waals surface area contributed by atoms with Crippen LogP contribution in [0, 0.1) is 6.92 Å². The van der Waals surface area contributed by atoms with Gasteiger partial charge in [0.05, 0.1) is 17.3 Å². The second-order valence-corrected chi connectivity index (χ2v) is 10.3. The van der Waals surface area contributed by atoms with Gasteiger partial charge < -0.3 is 20.0 Å². The predicted molar refractivity (Wildman–Crippen MR) is 146 cm³/mol. The molecule has 2 aliphatic rings. The maximum atomic E-state index is 13.8. The molecule has 0 radical (unpaired) electrons. The monoisotopic (exact) mass is 489 g/mol. The molecule has 0 saturated carbocycles. The topological polar surface area (TPSA) is 69.0 Å². The minimum absolute atomic E-state index is 0.0141. The summed E-state index contributed by atoms with van der Waals surface area (Å²) in [5.74, 6) is 2.10. The summed E-state index contributed by atoms with van der Waals surface area (Å²) in [5, 5.41) is 8.56. The molecular weight excluding hydrogens is 450 g/mol. The van der Waals surface area contributed by atoms with Crippen molar-refractivity contribution in [2.45, 2.75) is 58.4 Å². The fourth-order valence-electron chi connectivity index (χ4n) is 5.50. The van der Waals surface area contributed by atoms with Crippen LogP contribution in [0.4, 0.5) is 17.3 Å². The Labute approximate surface area is 214 Å². The summed E-state index contributed by atoms with van der Waals surface area (Å²) in [7, 11) is 4.04. The molecule has 1 saturated heterocycles. The molecular formula is C28H39N7O. The third-order valence-corrected chi connectivity index (χ3v) is 7.64. The second kappa shape index (κ2) is 10.4. The number of aryl methyl sites for hydroxylation is 1. The molecule has 1 aromatic carbocycles. The zero-order valence-corrected chi connectivity index (χ0v) is 22.1. The Hall–Kier alpha value is -3.29. The average Bonchev–Trinajstić information content (AvgIpc) is 3.55. The van der Waals surface area contributed by atoms with Crippen molar-refractivity contribution in [2.24, 2.45) is 0 Å². The highest BCUT2D eigenvalue weighted by Gasteiger charge is 2.27. The van der Waals surface area contributed by atoms with Gasteiger partial charge in [0.25, 0.3) is 5.91 Å². The number of anilines is 3. The molecule has 2 aliphatic heterocycles. The molecule has 8 heteroatoms. The van der Waals surface area contributed by atoms with E-state index in [4.69, 9.17) is 10.1 Å². The van der Waals surface area contributed by atoms with Crippen LogP contribution in [0.5, 0.6) is 0 Å². The Morgan fingerprint density at radius 3 is 2.56 bits per heavy atom. The first-order chi connectivity index (χ1) is 17.5. The van der Waals surface area contributed by atoms with Crippen molar-refractivity contribution in [3.63, 3.8) is 0 Å². The quantitative estimate of drug-likeness (QED) is 0.553. The van der Waals surface area contributed by atoms with Crippen LogP contribution in [0.1, 0.15) is 73.1 Å². The lowest BCUT2D eigenvalue weighted by Gasteiger charge is -2.27. The summed E-state index contributed by atoms with van der Waals surface area (Å²) < 4.78 is 1.97. The largest absolute Gasteiger partial charge is 0.384 e. The number of amides is 1. The Balaban J connectivity index is 1.60. The maximum Gasteiger partial charge on any atom is 0.256 e. The fraction of sp³-hybridized carbons (Fsp3) is 0.536. The van der Waals surface area contributed by atoms with Crippen molar-refractivity contribution in [3.05, 3.63) is 47.2 Å². The molecule has 5 rings (SSSR count). The average molecular weight is 490 g/mol. The molecule has 0 aliphatic carbocycles. The highest BCUT2D eigenvalue weighted by atomic mass is 16.2. The highest BCUT2D eigenvalue weighted by molar-refractivity contribution is 6.00. The van der Waals surface area contributed by atoms with Gasteiger partial charge in [-0.15, -0.1) is 0 Å². The third-order valence-electron chi connectivity index (χ3n) is 7.64. The van der Waals surface area contributed by atoms with Crippen molar-refractivity contribution in [2.75, 3.05) is 55.4 Å². The Bertz CT molecular complexity index is 1230. The van der Waals surface area contributed by atoms with Gasteiger partial charge in [0.2, 0.25) is 0 Å². The van der Waals surface area contributed by atoms with Crippen LogP contribution < -0.4 is 15.1 Å². The van der Waals surface area contributed by atoms with Crippen molar-refractivity contribution in [3.8, 4) is 0 Å². The van der Waals surface area contributed by atoms with Crippen LogP contribution in [0.15, 0.2) is 30.3 Å². The lowest BCUT2D eigenvalue weighted by atomic mass is 10.0. The van der Waals surface area contributed by atoms with E-state index in [1.165, 1.54) is 12.8 Å². The molecule has 1 fully saturated rings. The Kier molecular flexibility index (Phi) is 7.03. The fourth-order valence-corrected chi connectivity index (χ4v) is 5.50. The number of hydrogen-bond donors (Lipinski definition) is 1. The van der Waals surface area contributed by atoms with Gasteiger partial charge in [0, 0.05) is 58.1 Å². The maximum absolute atomic E-state index is 13.8. The molecule has 192 valence electrons. The lowest BCUT2D eigenvalue weighted by molar-refractivity contribution is 0.0723. The van der Waals surface area contributed by atoms with Gasteiger partial charge in [0.1, 0.15) is 11.6 Å². The van der Waals surface area contributed by atoms with E-state index in [0.29, 0.717) is 0 Å². The summed E-state index contributed by atoms with van der Waals surface area (Å²) in [6.45, 7) is 8.06. The first kappa shape index (κ1) is 24.4. The minimum atomic E-state index is -0.145. The molecule has 0 spiro atoms. The predicted octanol–water partition coefficient (Wildman–Crippen LogP) is 4.89. The SMILES string of the molecule is CCC1c2cc3nc(N4CCCC4)cc(n3n2)N(C)CCCCCNc2ccc(C)cc2C(=O)N1C. The number of aromatic nitrogens is 3. The summed E-state index contributed by atoms with van der Waals surface area (Å²) in [6.07, 6.45) is 6.45. The van der Waals surface area contributed by atoms with Gasteiger partial charge in [-0.25, -0.2) is 4.98 Å². The molecule has 1 N–H and O–H groups in total. The normalized spacial score (nSPS) is 19.7. The number of benzene rings is 1. The summed E-state index contributed by atoms with van der Waals surface area (Å²) >= 11 is 0. The van der Waals surface area contributed by atoms with E-state index in [1.54, 1.807) is 0 Å². The van der Waals surface area contributed by atoms with Crippen LogP contribution in [0.3, 0.4) is 0 Å². The number of nitrogens with zero attached hydrogens (tertiary/aromatic N) is 6. The van der Waals surface area contributed by atoms with Crippen molar-refractivity contribution >= 4 is 28.9 Å². The Morgan fingerprint density at radius 1 is 1.00 bits per heavy atom. The summed E-state index contributed by atoms with van der Waals surface area (Å²) in [5.41, 5.74) is 4.44. The summed E-state index contributed by atoms with van der Waals surface area (Å²) in [4.78, 5) is 25.3. The van der Waals surface area contributed by atoms with E-state index in [1.807, 2.05) is 35.5 Å². The van der Waals surface area contributed by atoms with E-state index >= 15 is 0 Å². The smallest absolute Gasteiger partial charge is 0.256 e. The third kappa shape index (κ3) is 4.73. The van der Waals surface area contributed by atoms with Crippen LogP contribution in [0.2, 0.25) is 0 Å². The van der Waals surface area contributed by atoms with E-state index in [2.05, 4.69) is 47.3 Å². The molecule has 36 heavy (non-hydrogen) atoms. The van der Waals surface area contributed by atoms with Crippen molar-refractivity contribution in [1.82, 2.24) is 19.5 Å². The van der Waals surface area contributed by atoms with E-state index < -0.39 is 0 Å². The van der Waals surface area contributed by atoms with E-state index in [0.717, 1.165) is 91.7 Å². The minimum Gasteiger partial charge on any atom is -0.384 e. The number of carbonyl (C=O) groups is 1. The van der Waals surface area contributed by atoms with Crippen molar-refractivity contribution in [1.29, 1.82) is 0 Å². The first-order valence-corrected chi connectivity index (χ1v) is 13.4. The summed E-state index contributed by atoms with van der Waals surface area (Å²) in [6, 6.07) is 10.2. The molecule has 1 amide bonds. The standard InChI is InChI=1S/C28H39N7O/c1-5-24-23-18-26-30-25(34-15-9-10-16-34)19-27(35(26)31-23)32(3)14-8-6-7-13-29-22-12-11-20(2)17-21(22)28(36)33(24)4/h11-12,17-19,24,29H,5-10,13-16H2,1-4H3. The number of carbonyl (C=O) groups excluding carboxylic acids is 1. The highest BCUT2D eigenvalue weighted by Crippen LogP contribution is 2.31. The molecule has 1 unspecified atom stereocenters. The number of rotatable bonds is 2. The van der Waals surface area contributed by atoms with Crippen molar-refractivity contribution < 1.29 is 4.79 Å². The van der Waals surface area contributed by atoms with Gasteiger partial charge in [-0.1, -0.05) is 18.6 Å². The van der Waals surface area contributed by atoms with Gasteiger partial charge in [-0.05, 0) is 57.6 Å². The number of fused-ring (bicyclic) bond motifs is 2. The van der Waals surface area contributed by atoms with Gasteiger partial charge in [-0.3, -0.25) is 4.79 Å². The molecule has 4 heterocycles. The molecule has 1 atom stereocenters. The Morgan fingerprint density at radius 2 is 1.78 bits per heavy atom.